The summed E-state index contributed by atoms with van der Waals surface area (Å²) in [7, 11) is 1.47. The van der Waals surface area contributed by atoms with Crippen LogP contribution in [-0.4, -0.2) is 66.1 Å². The monoisotopic (exact) mass is 491 g/mol. The molecule has 0 fully saturated rings. The molecule has 2 aromatic carbocycles. The number of ether oxygens (including phenoxy) is 1. The number of benzene rings is 2. The van der Waals surface area contributed by atoms with Gasteiger partial charge in [-0.1, -0.05) is 24.3 Å². The third-order valence-electron chi connectivity index (χ3n) is 5.89. The fourth-order valence-electron chi connectivity index (χ4n) is 4.12. The van der Waals surface area contributed by atoms with Crippen molar-refractivity contribution in [1.29, 1.82) is 0 Å². The van der Waals surface area contributed by atoms with Crippen LogP contribution >= 0.6 is 0 Å². The van der Waals surface area contributed by atoms with Crippen molar-refractivity contribution in [3.05, 3.63) is 107 Å². The molecular weight excluding hydrogens is 464 g/mol. The lowest BCUT2D eigenvalue weighted by atomic mass is 9.98. The number of carbonyl (C=O) groups is 1. The van der Waals surface area contributed by atoms with Crippen molar-refractivity contribution in [3.63, 3.8) is 0 Å². The van der Waals surface area contributed by atoms with Gasteiger partial charge in [-0.25, -0.2) is 8.78 Å². The van der Waals surface area contributed by atoms with E-state index in [1.165, 1.54) is 36.3 Å². The maximum Gasteiger partial charge on any atom is 0.254 e. The fourth-order valence-corrected chi connectivity index (χ4v) is 4.12. The van der Waals surface area contributed by atoms with Gasteiger partial charge in [-0.3, -0.25) is 14.8 Å². The van der Waals surface area contributed by atoms with Crippen LogP contribution in [0.2, 0.25) is 0 Å². The first-order valence-corrected chi connectivity index (χ1v) is 11.6. The lowest BCUT2D eigenvalue weighted by molar-refractivity contribution is 0.0330. The first-order chi connectivity index (χ1) is 17.5. The number of halogens is 2. The third-order valence-corrected chi connectivity index (χ3v) is 5.89. The molecule has 36 heavy (non-hydrogen) atoms. The minimum Gasteiger partial charge on any atom is -0.389 e. The summed E-state index contributed by atoms with van der Waals surface area (Å²) in [5.74, 6) is -1.35. The molecule has 0 spiro atoms. The summed E-state index contributed by atoms with van der Waals surface area (Å²) in [6.07, 6.45) is 2.95. The van der Waals surface area contributed by atoms with Crippen LogP contribution in [0.5, 0.6) is 0 Å². The number of aromatic nitrogens is 1. The number of pyridine rings is 1. The topological polar surface area (TPSA) is 75.0 Å². The Morgan fingerprint density at radius 1 is 1.11 bits per heavy atom. The van der Waals surface area contributed by atoms with Crippen molar-refractivity contribution >= 4 is 17.2 Å². The second-order valence-electron chi connectivity index (χ2n) is 8.47. The van der Waals surface area contributed by atoms with E-state index in [-0.39, 0.29) is 36.6 Å². The van der Waals surface area contributed by atoms with Gasteiger partial charge < -0.3 is 14.7 Å². The number of aliphatic imine (C=N–C) groups is 1. The highest BCUT2D eigenvalue weighted by molar-refractivity contribution is 6.19. The molecule has 0 saturated heterocycles. The van der Waals surface area contributed by atoms with Gasteiger partial charge in [0.1, 0.15) is 11.6 Å². The first-order valence-electron chi connectivity index (χ1n) is 11.6. The molecule has 6 nitrogen and oxygen atoms in total. The van der Waals surface area contributed by atoms with Gasteiger partial charge in [-0.05, 0) is 53.6 Å². The summed E-state index contributed by atoms with van der Waals surface area (Å²) in [6, 6.07) is 15.9. The summed E-state index contributed by atoms with van der Waals surface area (Å²) >= 11 is 0. The molecule has 0 radical (unpaired) electrons. The quantitative estimate of drug-likeness (QED) is 0.466. The Kier molecular flexibility index (Phi) is 8.30. The van der Waals surface area contributed by atoms with Crippen LogP contribution < -0.4 is 0 Å². The summed E-state index contributed by atoms with van der Waals surface area (Å²) in [5, 5.41) is 10.4. The van der Waals surface area contributed by atoms with E-state index in [0.29, 0.717) is 18.7 Å². The smallest absolute Gasteiger partial charge is 0.254 e. The number of amides is 1. The molecule has 4 rings (SSSR count). The van der Waals surface area contributed by atoms with Crippen molar-refractivity contribution in [2.24, 2.45) is 4.99 Å². The van der Waals surface area contributed by atoms with Gasteiger partial charge in [0.05, 0.1) is 30.5 Å². The van der Waals surface area contributed by atoms with Gasteiger partial charge in [-0.15, -0.1) is 0 Å². The largest absolute Gasteiger partial charge is 0.389 e. The number of hydrogen-bond donors (Lipinski definition) is 1. The number of rotatable bonds is 10. The van der Waals surface area contributed by atoms with Crippen molar-refractivity contribution in [2.45, 2.75) is 12.5 Å². The van der Waals surface area contributed by atoms with Crippen LogP contribution in [0.25, 0.3) is 5.57 Å². The van der Waals surface area contributed by atoms with Crippen LogP contribution in [-0.2, 0) is 11.2 Å². The number of nitrogens with zero attached hydrogens (tertiary/aromatic N) is 3. The Hall–Kier alpha value is -3.75. The molecule has 3 aromatic rings. The summed E-state index contributed by atoms with van der Waals surface area (Å²) in [6.45, 7) is 0.632. The molecule has 186 valence electrons. The molecule has 1 aromatic heterocycles. The molecule has 8 heteroatoms. The minimum absolute atomic E-state index is 0.0125. The maximum atomic E-state index is 15.1. The summed E-state index contributed by atoms with van der Waals surface area (Å²) in [4.78, 5) is 24.0. The molecule has 2 heterocycles. The number of carbonyl (C=O) groups excluding carboxylic acids is 1. The van der Waals surface area contributed by atoms with E-state index in [9.17, 15) is 14.3 Å². The molecule has 1 amide bonds. The summed E-state index contributed by atoms with van der Waals surface area (Å²) in [5.41, 5.74) is 2.97. The Labute approximate surface area is 208 Å². The zero-order valence-electron chi connectivity index (χ0n) is 19.9. The van der Waals surface area contributed by atoms with Crippen molar-refractivity contribution in [3.8, 4) is 0 Å². The number of aliphatic hydroxyl groups excluding tert-OH is 1. The maximum absolute atomic E-state index is 15.1. The molecule has 0 unspecified atom stereocenters. The number of methoxy groups -OCH3 is 1. The Bertz CT molecular complexity index is 1260. The molecule has 1 N–H and O–H groups in total. The fraction of sp³-hybridized carbons (Fsp3) is 0.250. The lowest BCUT2D eigenvalue weighted by Crippen LogP contribution is -2.41. The predicted octanol–water partition coefficient (Wildman–Crippen LogP) is 3.94. The highest BCUT2D eigenvalue weighted by atomic mass is 19.1. The predicted molar refractivity (Wildman–Crippen MR) is 134 cm³/mol. The second-order valence-corrected chi connectivity index (χ2v) is 8.47. The highest BCUT2D eigenvalue weighted by Gasteiger charge is 2.26. The lowest BCUT2D eigenvalue weighted by Gasteiger charge is -2.26. The highest BCUT2D eigenvalue weighted by Crippen LogP contribution is 2.26. The minimum atomic E-state index is -0.909. The Morgan fingerprint density at radius 2 is 1.92 bits per heavy atom. The van der Waals surface area contributed by atoms with Gasteiger partial charge in [0, 0.05) is 44.1 Å². The molecule has 1 atom stereocenters. The normalized spacial score (nSPS) is 13.8. The number of hydrogen-bond acceptors (Lipinski definition) is 5. The van der Waals surface area contributed by atoms with E-state index in [1.807, 2.05) is 18.2 Å². The van der Waals surface area contributed by atoms with E-state index in [2.05, 4.69) is 9.98 Å². The SMILES string of the molecule is COC[C@H](O)CN(CCc1ccccn1)C(=O)c1cccc(F)c1C1=NCC(c2ccc(F)cc2)=C1. The van der Waals surface area contributed by atoms with Crippen LogP contribution in [0.15, 0.2) is 77.9 Å². The van der Waals surface area contributed by atoms with E-state index in [4.69, 9.17) is 4.74 Å². The van der Waals surface area contributed by atoms with Crippen LogP contribution in [0, 0.1) is 11.6 Å². The molecular formula is C28H27F2N3O3. The van der Waals surface area contributed by atoms with Crippen molar-refractivity contribution < 1.29 is 23.4 Å². The number of allylic oxidation sites excluding steroid dienone is 1. The standard InChI is InChI=1S/C28H27F2N3O3/c1-36-18-23(34)17-33(14-12-22-5-2-3-13-31-22)28(35)24-6-4-7-25(30)27(24)26-15-20(16-32-26)19-8-10-21(29)11-9-19/h2-11,13,15,23,34H,12,14,16-18H2,1H3/t23-/m1/s1. The van der Waals surface area contributed by atoms with Crippen molar-refractivity contribution in [2.75, 3.05) is 33.4 Å². The van der Waals surface area contributed by atoms with E-state index < -0.39 is 17.8 Å². The zero-order chi connectivity index (χ0) is 25.5. The molecule has 0 aliphatic carbocycles. The molecule has 1 aliphatic rings. The second kappa shape index (κ2) is 11.8. The van der Waals surface area contributed by atoms with Gasteiger partial charge >= 0.3 is 0 Å². The Balaban J connectivity index is 1.63. The van der Waals surface area contributed by atoms with Crippen LogP contribution in [0.3, 0.4) is 0 Å². The van der Waals surface area contributed by atoms with E-state index in [0.717, 1.165) is 16.8 Å². The first kappa shape index (κ1) is 25.3. The average Bonchev–Trinajstić information content (AvgIpc) is 3.37. The average molecular weight is 492 g/mol. The Morgan fingerprint density at radius 3 is 2.64 bits per heavy atom. The molecule has 0 bridgehead atoms. The van der Waals surface area contributed by atoms with Crippen LogP contribution in [0.4, 0.5) is 8.78 Å². The molecule has 1 aliphatic heterocycles. The summed E-state index contributed by atoms with van der Waals surface area (Å²) < 4.78 is 33.5. The van der Waals surface area contributed by atoms with Crippen molar-refractivity contribution in [1.82, 2.24) is 9.88 Å². The van der Waals surface area contributed by atoms with Crippen LogP contribution in [0.1, 0.15) is 27.2 Å². The van der Waals surface area contributed by atoms with E-state index in [1.54, 1.807) is 30.5 Å². The number of aliphatic hydroxyl groups is 1. The zero-order valence-corrected chi connectivity index (χ0v) is 19.9. The van der Waals surface area contributed by atoms with Gasteiger partial charge in [0.15, 0.2) is 0 Å². The van der Waals surface area contributed by atoms with Gasteiger partial charge in [0.2, 0.25) is 0 Å². The van der Waals surface area contributed by atoms with Gasteiger partial charge in [-0.2, -0.15) is 0 Å². The van der Waals surface area contributed by atoms with Gasteiger partial charge in [0.25, 0.3) is 5.91 Å². The van der Waals surface area contributed by atoms with E-state index >= 15 is 4.39 Å². The third kappa shape index (κ3) is 6.08. The molecule has 0 saturated carbocycles.